The van der Waals surface area contributed by atoms with E-state index in [0.29, 0.717) is 5.92 Å². The molecule has 54 heavy (non-hydrogen) atoms. The van der Waals surface area contributed by atoms with E-state index in [2.05, 4.69) is 186 Å². The van der Waals surface area contributed by atoms with Gasteiger partial charge in [-0.1, -0.05) is 156 Å². The predicted molar refractivity (Wildman–Crippen MR) is 228 cm³/mol. The SMILES string of the molecule is CC(C)c1cc(-c2cc3c4c(c2)Oc2ccc(C(C)(C)C)cc2B4c2ccccc2O3)cc(-c2c3ccccc3c(-c3ccccc3)c3ccccc23)c1. The summed E-state index contributed by atoms with van der Waals surface area (Å²) in [6, 6.07) is 55.4. The molecule has 0 bridgehead atoms. The summed E-state index contributed by atoms with van der Waals surface area (Å²) < 4.78 is 13.6. The van der Waals surface area contributed by atoms with Gasteiger partial charge in [-0.2, -0.15) is 0 Å². The molecule has 0 spiro atoms. The standard InChI is InChI=1S/C51H41BO2/c1-31(2)33-25-34(27-36(26-33)49-40-19-11-9-17-38(40)48(32-15-7-6-8-16-32)39-18-10-12-20-41(39)49)35-28-46-50-47(29-35)54-45-24-23-37(51(3,4)5)30-43(45)52(50)42-21-13-14-22-44(42)53-46/h6-31H,1-5H3. The summed E-state index contributed by atoms with van der Waals surface area (Å²) in [6.07, 6.45) is 0. The fraction of sp³-hybridized carbons (Fsp3) is 0.137. The maximum Gasteiger partial charge on any atom is 0.260 e. The first-order chi connectivity index (χ1) is 26.2. The van der Waals surface area contributed by atoms with Crippen molar-refractivity contribution in [2.45, 2.75) is 46.0 Å². The van der Waals surface area contributed by atoms with Gasteiger partial charge in [-0.3, -0.25) is 0 Å². The van der Waals surface area contributed by atoms with Crippen molar-refractivity contribution in [1.82, 2.24) is 0 Å². The van der Waals surface area contributed by atoms with Gasteiger partial charge in [0.15, 0.2) is 0 Å². The van der Waals surface area contributed by atoms with E-state index in [1.807, 2.05) is 0 Å². The summed E-state index contributed by atoms with van der Waals surface area (Å²) in [7, 11) is 0. The van der Waals surface area contributed by atoms with Crippen LogP contribution in [0.2, 0.25) is 0 Å². The molecular formula is C51H41BO2. The van der Waals surface area contributed by atoms with Gasteiger partial charge in [0.05, 0.1) is 0 Å². The molecule has 8 aromatic rings. The van der Waals surface area contributed by atoms with Gasteiger partial charge in [0, 0.05) is 5.46 Å². The van der Waals surface area contributed by atoms with Crippen molar-refractivity contribution in [2.75, 3.05) is 0 Å². The van der Waals surface area contributed by atoms with E-state index in [9.17, 15) is 0 Å². The number of hydrogen-bond acceptors (Lipinski definition) is 2. The largest absolute Gasteiger partial charge is 0.458 e. The Morgan fingerprint density at radius 1 is 0.444 bits per heavy atom. The molecule has 2 aliphatic heterocycles. The lowest BCUT2D eigenvalue weighted by Crippen LogP contribution is -2.57. The highest BCUT2D eigenvalue weighted by Gasteiger charge is 2.41. The van der Waals surface area contributed by atoms with E-state index < -0.39 is 0 Å². The highest BCUT2D eigenvalue weighted by atomic mass is 16.5. The third-order valence-electron chi connectivity index (χ3n) is 11.5. The van der Waals surface area contributed by atoms with Crippen LogP contribution in [0.3, 0.4) is 0 Å². The molecule has 0 aromatic heterocycles. The average Bonchev–Trinajstić information content (AvgIpc) is 3.19. The van der Waals surface area contributed by atoms with Crippen molar-refractivity contribution in [2.24, 2.45) is 0 Å². The minimum Gasteiger partial charge on any atom is -0.458 e. The zero-order valence-electron chi connectivity index (χ0n) is 31.4. The molecule has 10 rings (SSSR count). The normalized spacial score (nSPS) is 13.0. The summed E-state index contributed by atoms with van der Waals surface area (Å²) in [5, 5.41) is 5.01. The van der Waals surface area contributed by atoms with Crippen LogP contribution in [0.5, 0.6) is 23.0 Å². The van der Waals surface area contributed by atoms with Gasteiger partial charge in [-0.15, -0.1) is 0 Å². The molecule has 0 N–H and O–H groups in total. The van der Waals surface area contributed by atoms with Crippen LogP contribution in [0.25, 0.3) is 54.9 Å². The van der Waals surface area contributed by atoms with Gasteiger partial charge in [-0.25, -0.2) is 0 Å². The van der Waals surface area contributed by atoms with Crippen LogP contribution in [0.1, 0.15) is 51.7 Å². The number of benzene rings is 8. The van der Waals surface area contributed by atoms with Crippen molar-refractivity contribution < 1.29 is 9.47 Å². The third kappa shape index (κ3) is 5.17. The molecule has 0 fully saturated rings. The monoisotopic (exact) mass is 696 g/mol. The minimum atomic E-state index is 0.0182. The van der Waals surface area contributed by atoms with Crippen molar-refractivity contribution in [3.63, 3.8) is 0 Å². The van der Waals surface area contributed by atoms with Crippen molar-refractivity contribution >= 4 is 44.6 Å². The molecule has 260 valence electrons. The Bertz CT molecular complexity index is 2720. The van der Waals surface area contributed by atoms with Crippen molar-refractivity contribution in [3.05, 3.63) is 163 Å². The van der Waals surface area contributed by atoms with Crippen molar-refractivity contribution in [3.8, 4) is 56.4 Å². The topological polar surface area (TPSA) is 18.5 Å². The molecule has 2 nitrogen and oxygen atoms in total. The van der Waals surface area contributed by atoms with Gasteiger partial charge < -0.3 is 9.47 Å². The summed E-state index contributed by atoms with van der Waals surface area (Å²) >= 11 is 0. The van der Waals surface area contributed by atoms with Crippen LogP contribution >= 0.6 is 0 Å². The van der Waals surface area contributed by atoms with Gasteiger partial charge in [0.25, 0.3) is 6.71 Å². The molecule has 2 heterocycles. The summed E-state index contributed by atoms with van der Waals surface area (Å²) in [5.74, 6) is 3.86. The van der Waals surface area contributed by atoms with E-state index in [1.165, 1.54) is 65.9 Å². The van der Waals surface area contributed by atoms with Crippen LogP contribution in [0.4, 0.5) is 0 Å². The van der Waals surface area contributed by atoms with Gasteiger partial charge in [0.2, 0.25) is 0 Å². The van der Waals surface area contributed by atoms with Crippen molar-refractivity contribution in [1.29, 1.82) is 0 Å². The second-order valence-electron chi connectivity index (χ2n) is 16.3. The number of para-hydroxylation sites is 1. The Morgan fingerprint density at radius 2 is 0.963 bits per heavy atom. The summed E-state index contributed by atoms with van der Waals surface area (Å²) in [6.45, 7) is 11.4. The molecule has 0 saturated carbocycles. The molecule has 2 aliphatic rings. The zero-order chi connectivity index (χ0) is 36.7. The number of rotatable bonds is 4. The first kappa shape index (κ1) is 32.6. The molecule has 0 atom stereocenters. The smallest absolute Gasteiger partial charge is 0.260 e. The van der Waals surface area contributed by atoms with Gasteiger partial charge >= 0.3 is 0 Å². The lowest BCUT2D eigenvalue weighted by molar-refractivity contribution is 0.464. The Kier molecular flexibility index (Phi) is 7.39. The number of hydrogen-bond donors (Lipinski definition) is 0. The van der Waals surface area contributed by atoms with E-state index >= 15 is 0 Å². The summed E-state index contributed by atoms with van der Waals surface area (Å²) in [4.78, 5) is 0. The first-order valence-electron chi connectivity index (χ1n) is 19.1. The summed E-state index contributed by atoms with van der Waals surface area (Å²) in [5.41, 5.74) is 13.3. The Morgan fingerprint density at radius 3 is 1.57 bits per heavy atom. The second-order valence-corrected chi connectivity index (χ2v) is 16.3. The van der Waals surface area contributed by atoms with E-state index in [-0.39, 0.29) is 12.1 Å². The van der Waals surface area contributed by atoms with Gasteiger partial charge in [-0.05, 0) is 119 Å². The number of fused-ring (bicyclic) bond motifs is 6. The third-order valence-corrected chi connectivity index (χ3v) is 11.5. The molecule has 3 heteroatoms. The Hall–Kier alpha value is -6.06. The Balaban J connectivity index is 1.20. The quantitative estimate of drug-likeness (QED) is 0.135. The first-order valence-corrected chi connectivity index (χ1v) is 19.1. The number of ether oxygens (including phenoxy) is 2. The Labute approximate surface area is 318 Å². The highest BCUT2D eigenvalue weighted by Crippen LogP contribution is 2.46. The second kappa shape index (κ2) is 12.2. The molecule has 0 saturated heterocycles. The fourth-order valence-corrected chi connectivity index (χ4v) is 8.73. The van der Waals surface area contributed by atoms with Crippen LogP contribution in [-0.2, 0) is 5.41 Å². The lowest BCUT2D eigenvalue weighted by Gasteiger charge is -2.34. The molecule has 0 aliphatic carbocycles. The van der Waals surface area contributed by atoms with E-state index in [1.54, 1.807) is 0 Å². The average molecular weight is 697 g/mol. The van der Waals surface area contributed by atoms with Crippen LogP contribution in [-0.4, -0.2) is 6.71 Å². The lowest BCUT2D eigenvalue weighted by atomic mass is 9.34. The van der Waals surface area contributed by atoms with Crippen LogP contribution < -0.4 is 25.9 Å². The maximum absolute atomic E-state index is 6.85. The fourth-order valence-electron chi connectivity index (χ4n) is 8.73. The van der Waals surface area contributed by atoms with Gasteiger partial charge in [0.1, 0.15) is 23.0 Å². The highest BCUT2D eigenvalue weighted by molar-refractivity contribution is 6.98. The van der Waals surface area contributed by atoms with E-state index in [4.69, 9.17) is 9.47 Å². The maximum atomic E-state index is 6.85. The zero-order valence-corrected chi connectivity index (χ0v) is 31.4. The molecule has 0 unspecified atom stereocenters. The minimum absolute atomic E-state index is 0.0182. The van der Waals surface area contributed by atoms with E-state index in [0.717, 1.165) is 39.6 Å². The molecule has 8 aromatic carbocycles. The predicted octanol–water partition coefficient (Wildman–Crippen LogP) is 12.1. The van der Waals surface area contributed by atoms with Crippen LogP contribution in [0.15, 0.2) is 152 Å². The molecular weight excluding hydrogens is 655 g/mol. The molecule has 0 radical (unpaired) electrons. The van der Waals surface area contributed by atoms with Crippen LogP contribution in [0, 0.1) is 0 Å². The molecule has 0 amide bonds.